The standard InChI is InChI=1S/C19H27ClN4O2/c1-4-5-6-18-22-16(19(20)23-18)11-24-9-14(15(10-24)21-13(3)25)17-8-7-12(2)26-17/h7-8,14-15H,4-6,9-11H2,1-3H3,(H,21,25)(H,22,23)/t14-,15-/m1/s1. The summed E-state index contributed by atoms with van der Waals surface area (Å²) in [5.74, 6) is 2.86. The molecule has 1 fully saturated rings. The molecule has 2 aromatic heterocycles. The van der Waals surface area contributed by atoms with E-state index in [1.807, 2.05) is 19.1 Å². The number of hydrogen-bond donors (Lipinski definition) is 2. The van der Waals surface area contributed by atoms with Gasteiger partial charge in [0.1, 0.15) is 17.3 Å². The minimum absolute atomic E-state index is 0.0217. The number of carbonyl (C=O) groups is 1. The molecular weight excluding hydrogens is 352 g/mol. The lowest BCUT2D eigenvalue weighted by atomic mass is 10.0. The van der Waals surface area contributed by atoms with Gasteiger partial charge in [-0.1, -0.05) is 24.9 Å². The van der Waals surface area contributed by atoms with Crippen molar-refractivity contribution in [2.75, 3.05) is 13.1 Å². The molecule has 7 heteroatoms. The SMILES string of the molecule is CCCCc1nc(Cl)c(CN2C[C@@H](NC(C)=O)[C@H](c3ccc(C)o3)C2)[nH]1. The van der Waals surface area contributed by atoms with Crippen LogP contribution in [-0.2, 0) is 17.8 Å². The first-order chi connectivity index (χ1) is 12.5. The molecule has 1 aliphatic heterocycles. The summed E-state index contributed by atoms with van der Waals surface area (Å²) < 4.78 is 5.83. The second-order valence-electron chi connectivity index (χ2n) is 7.11. The van der Waals surface area contributed by atoms with Crippen LogP contribution < -0.4 is 5.32 Å². The Morgan fingerprint density at radius 1 is 1.46 bits per heavy atom. The van der Waals surface area contributed by atoms with Crippen LogP contribution in [0.2, 0.25) is 5.15 Å². The van der Waals surface area contributed by atoms with Gasteiger partial charge in [0.25, 0.3) is 0 Å². The van der Waals surface area contributed by atoms with Crippen molar-refractivity contribution in [1.82, 2.24) is 20.2 Å². The number of likely N-dealkylation sites (tertiary alicyclic amines) is 1. The monoisotopic (exact) mass is 378 g/mol. The first-order valence-corrected chi connectivity index (χ1v) is 9.63. The molecule has 6 nitrogen and oxygen atoms in total. The molecule has 142 valence electrons. The van der Waals surface area contributed by atoms with E-state index in [0.717, 1.165) is 55.4 Å². The number of nitrogens with one attached hydrogen (secondary N) is 2. The van der Waals surface area contributed by atoms with Crippen molar-refractivity contribution in [2.45, 2.75) is 58.5 Å². The predicted molar refractivity (Wildman–Crippen MR) is 101 cm³/mol. The van der Waals surface area contributed by atoms with Gasteiger partial charge in [-0.15, -0.1) is 0 Å². The van der Waals surface area contributed by atoms with Gasteiger partial charge in [0.2, 0.25) is 5.91 Å². The second kappa shape index (κ2) is 8.27. The highest BCUT2D eigenvalue weighted by Crippen LogP contribution is 2.30. The summed E-state index contributed by atoms with van der Waals surface area (Å²) in [5, 5.41) is 3.61. The summed E-state index contributed by atoms with van der Waals surface area (Å²) in [6.45, 7) is 7.89. The van der Waals surface area contributed by atoms with E-state index in [1.165, 1.54) is 0 Å². The van der Waals surface area contributed by atoms with E-state index in [0.29, 0.717) is 11.7 Å². The number of carbonyl (C=O) groups excluding carboxylic acids is 1. The van der Waals surface area contributed by atoms with Crippen LogP contribution in [0.5, 0.6) is 0 Å². The van der Waals surface area contributed by atoms with Crippen LogP contribution >= 0.6 is 11.6 Å². The number of aromatic amines is 1. The summed E-state index contributed by atoms with van der Waals surface area (Å²) in [6.07, 6.45) is 3.14. The number of amides is 1. The van der Waals surface area contributed by atoms with E-state index in [4.69, 9.17) is 16.0 Å². The maximum absolute atomic E-state index is 11.6. The van der Waals surface area contributed by atoms with E-state index in [-0.39, 0.29) is 17.9 Å². The Balaban J connectivity index is 1.71. The average molecular weight is 379 g/mol. The molecule has 0 saturated carbocycles. The Bertz CT molecular complexity index is 755. The van der Waals surface area contributed by atoms with Crippen molar-refractivity contribution >= 4 is 17.5 Å². The highest BCUT2D eigenvalue weighted by Gasteiger charge is 2.36. The van der Waals surface area contributed by atoms with Crippen LogP contribution in [-0.4, -0.2) is 39.9 Å². The molecule has 26 heavy (non-hydrogen) atoms. The fourth-order valence-corrected chi connectivity index (χ4v) is 3.80. The number of aryl methyl sites for hydroxylation is 2. The first-order valence-electron chi connectivity index (χ1n) is 9.25. The Morgan fingerprint density at radius 3 is 2.92 bits per heavy atom. The van der Waals surface area contributed by atoms with Gasteiger partial charge >= 0.3 is 0 Å². The highest BCUT2D eigenvalue weighted by molar-refractivity contribution is 6.30. The molecule has 2 atom stereocenters. The Hall–Kier alpha value is -1.79. The number of H-pyrrole nitrogens is 1. The molecule has 0 radical (unpaired) electrons. The van der Waals surface area contributed by atoms with E-state index < -0.39 is 0 Å². The normalized spacial score (nSPS) is 20.6. The van der Waals surface area contributed by atoms with E-state index in [2.05, 4.69) is 27.1 Å². The van der Waals surface area contributed by atoms with Gasteiger partial charge in [-0.2, -0.15) is 0 Å². The number of aromatic nitrogens is 2. The predicted octanol–water partition coefficient (Wildman–Crippen LogP) is 3.41. The van der Waals surface area contributed by atoms with Gasteiger partial charge in [-0.3, -0.25) is 9.69 Å². The molecule has 0 spiro atoms. The fraction of sp³-hybridized carbons (Fsp3) is 0.579. The van der Waals surface area contributed by atoms with E-state index >= 15 is 0 Å². The number of rotatable bonds is 7. The Morgan fingerprint density at radius 2 is 2.27 bits per heavy atom. The third-order valence-electron chi connectivity index (χ3n) is 4.84. The van der Waals surface area contributed by atoms with Gasteiger partial charge < -0.3 is 14.7 Å². The Labute approximate surface area is 159 Å². The van der Waals surface area contributed by atoms with Crippen LogP contribution in [0.25, 0.3) is 0 Å². The number of imidazole rings is 1. The number of halogens is 1. The molecule has 1 amide bonds. The largest absolute Gasteiger partial charge is 0.466 e. The zero-order valence-corrected chi connectivity index (χ0v) is 16.4. The lowest BCUT2D eigenvalue weighted by molar-refractivity contribution is -0.119. The molecular formula is C19H27ClN4O2. The van der Waals surface area contributed by atoms with Crippen LogP contribution in [0, 0.1) is 6.92 Å². The maximum Gasteiger partial charge on any atom is 0.217 e. The van der Waals surface area contributed by atoms with Crippen molar-refractivity contribution in [3.8, 4) is 0 Å². The topological polar surface area (TPSA) is 74.2 Å². The van der Waals surface area contributed by atoms with Crippen LogP contribution in [0.1, 0.15) is 55.6 Å². The molecule has 0 unspecified atom stereocenters. The minimum Gasteiger partial charge on any atom is -0.466 e. The molecule has 3 rings (SSSR count). The van der Waals surface area contributed by atoms with Crippen LogP contribution in [0.15, 0.2) is 16.5 Å². The fourth-order valence-electron chi connectivity index (χ4n) is 3.59. The molecule has 0 aromatic carbocycles. The minimum atomic E-state index is -0.0217. The summed E-state index contributed by atoms with van der Waals surface area (Å²) in [4.78, 5) is 21.7. The molecule has 2 aromatic rings. The Kier molecular flexibility index (Phi) is 6.04. The van der Waals surface area contributed by atoms with Gasteiger partial charge in [0.15, 0.2) is 5.15 Å². The molecule has 2 N–H and O–H groups in total. The molecule has 1 saturated heterocycles. The molecule has 1 aliphatic rings. The highest BCUT2D eigenvalue weighted by atomic mass is 35.5. The van der Waals surface area contributed by atoms with Crippen molar-refractivity contribution < 1.29 is 9.21 Å². The lowest BCUT2D eigenvalue weighted by Gasteiger charge is -2.17. The number of furan rings is 1. The molecule has 3 heterocycles. The van der Waals surface area contributed by atoms with Crippen molar-refractivity contribution in [3.05, 3.63) is 40.3 Å². The lowest BCUT2D eigenvalue weighted by Crippen LogP contribution is -2.38. The first kappa shape index (κ1) is 19.0. The van der Waals surface area contributed by atoms with Gasteiger partial charge in [-0.25, -0.2) is 4.98 Å². The van der Waals surface area contributed by atoms with Crippen molar-refractivity contribution in [1.29, 1.82) is 0 Å². The zero-order chi connectivity index (χ0) is 18.7. The quantitative estimate of drug-likeness (QED) is 0.774. The van der Waals surface area contributed by atoms with Crippen LogP contribution in [0.4, 0.5) is 0 Å². The number of nitrogens with zero attached hydrogens (tertiary/aromatic N) is 2. The number of hydrogen-bond acceptors (Lipinski definition) is 4. The average Bonchev–Trinajstić information content (AvgIpc) is 3.25. The van der Waals surface area contributed by atoms with E-state index in [9.17, 15) is 4.79 Å². The van der Waals surface area contributed by atoms with Gasteiger partial charge in [0.05, 0.1) is 17.7 Å². The summed E-state index contributed by atoms with van der Waals surface area (Å²) >= 11 is 6.32. The number of unbranched alkanes of at least 4 members (excludes halogenated alkanes) is 1. The molecule has 0 aliphatic carbocycles. The third kappa shape index (κ3) is 4.48. The van der Waals surface area contributed by atoms with Gasteiger partial charge in [-0.05, 0) is 25.5 Å². The van der Waals surface area contributed by atoms with Crippen LogP contribution in [0.3, 0.4) is 0 Å². The smallest absolute Gasteiger partial charge is 0.217 e. The van der Waals surface area contributed by atoms with E-state index in [1.54, 1.807) is 6.92 Å². The summed E-state index contributed by atoms with van der Waals surface area (Å²) in [6, 6.07) is 4.00. The summed E-state index contributed by atoms with van der Waals surface area (Å²) in [7, 11) is 0. The van der Waals surface area contributed by atoms with Crippen molar-refractivity contribution in [2.24, 2.45) is 0 Å². The summed E-state index contributed by atoms with van der Waals surface area (Å²) in [5.41, 5.74) is 0.940. The maximum atomic E-state index is 11.6. The third-order valence-corrected chi connectivity index (χ3v) is 5.15. The second-order valence-corrected chi connectivity index (χ2v) is 7.47. The zero-order valence-electron chi connectivity index (χ0n) is 15.6. The molecule has 0 bridgehead atoms. The van der Waals surface area contributed by atoms with Crippen molar-refractivity contribution in [3.63, 3.8) is 0 Å². The van der Waals surface area contributed by atoms with Gasteiger partial charge in [0, 0.05) is 33.0 Å².